The minimum Gasteiger partial charge on any atom is -0.328 e. The van der Waals surface area contributed by atoms with E-state index in [0.29, 0.717) is 6.04 Å². The molecule has 2 aliphatic heterocycles. The van der Waals surface area contributed by atoms with Crippen molar-refractivity contribution in [1.29, 1.82) is 0 Å². The van der Waals surface area contributed by atoms with Crippen LogP contribution in [0.1, 0.15) is 25.0 Å². The third kappa shape index (κ3) is 2.99. The van der Waals surface area contributed by atoms with Crippen molar-refractivity contribution in [3.63, 3.8) is 0 Å². The van der Waals surface area contributed by atoms with E-state index in [1.165, 1.54) is 38.3 Å². The van der Waals surface area contributed by atoms with Crippen LogP contribution in [0.4, 0.5) is 0 Å². The average molecular weight is 263 g/mol. The Balaban J connectivity index is 1.51. The Bertz CT molecular complexity index is 408. The molecule has 5 heteroatoms. The van der Waals surface area contributed by atoms with Gasteiger partial charge in [-0.05, 0) is 38.4 Å². The highest BCUT2D eigenvalue weighted by molar-refractivity contribution is 5.01. The van der Waals surface area contributed by atoms with E-state index < -0.39 is 0 Å². The van der Waals surface area contributed by atoms with Crippen LogP contribution in [0.25, 0.3) is 0 Å². The molecule has 0 bridgehead atoms. The summed E-state index contributed by atoms with van der Waals surface area (Å²) in [5.41, 5.74) is 7.29. The first-order chi connectivity index (χ1) is 9.22. The Morgan fingerprint density at radius 2 is 2.05 bits per heavy atom. The summed E-state index contributed by atoms with van der Waals surface area (Å²) >= 11 is 0. The number of hydrogen-bond acceptors (Lipinski definition) is 4. The molecule has 0 amide bonds. The molecule has 3 heterocycles. The van der Waals surface area contributed by atoms with Crippen molar-refractivity contribution in [2.24, 2.45) is 12.8 Å². The monoisotopic (exact) mass is 263 g/mol. The second-order valence-corrected chi connectivity index (χ2v) is 6.00. The second kappa shape index (κ2) is 5.61. The third-order valence-electron chi connectivity index (χ3n) is 4.65. The molecular weight excluding hydrogens is 238 g/mol. The van der Waals surface area contributed by atoms with E-state index in [1.807, 2.05) is 17.9 Å². The lowest BCUT2D eigenvalue weighted by Crippen LogP contribution is -2.46. The zero-order valence-corrected chi connectivity index (χ0v) is 11.8. The molecule has 1 aromatic rings. The molecule has 106 valence electrons. The Morgan fingerprint density at radius 1 is 1.26 bits per heavy atom. The lowest BCUT2D eigenvalue weighted by atomic mass is 10.0. The van der Waals surface area contributed by atoms with E-state index in [9.17, 15) is 0 Å². The largest absolute Gasteiger partial charge is 0.328 e. The maximum Gasteiger partial charge on any atom is 0.0521 e. The van der Waals surface area contributed by atoms with Gasteiger partial charge in [-0.15, -0.1) is 0 Å². The summed E-state index contributed by atoms with van der Waals surface area (Å²) in [4.78, 5) is 5.20. The summed E-state index contributed by atoms with van der Waals surface area (Å²) in [6.07, 6.45) is 5.51. The predicted molar refractivity (Wildman–Crippen MR) is 75.7 cm³/mol. The molecule has 1 atom stereocenters. The van der Waals surface area contributed by atoms with Crippen molar-refractivity contribution in [3.05, 3.63) is 18.0 Å². The Hall–Kier alpha value is -0.910. The van der Waals surface area contributed by atoms with Crippen molar-refractivity contribution in [2.75, 3.05) is 26.2 Å². The van der Waals surface area contributed by atoms with Gasteiger partial charge in [-0.1, -0.05) is 0 Å². The highest BCUT2D eigenvalue weighted by atomic mass is 15.3. The molecule has 2 N–H and O–H groups in total. The van der Waals surface area contributed by atoms with Gasteiger partial charge in [0.05, 0.1) is 5.69 Å². The maximum absolute atomic E-state index is 5.98. The highest BCUT2D eigenvalue weighted by Gasteiger charge is 2.29. The van der Waals surface area contributed by atoms with Crippen LogP contribution in [0.5, 0.6) is 0 Å². The minimum absolute atomic E-state index is 0.434. The topological polar surface area (TPSA) is 50.3 Å². The molecule has 2 saturated heterocycles. The fourth-order valence-electron chi connectivity index (χ4n) is 3.32. The molecule has 1 unspecified atom stereocenters. The number of rotatable bonds is 3. The summed E-state index contributed by atoms with van der Waals surface area (Å²) in [5, 5.41) is 4.24. The normalized spacial score (nSPS) is 27.2. The Labute approximate surface area is 115 Å². The van der Waals surface area contributed by atoms with Gasteiger partial charge in [0, 0.05) is 45.0 Å². The summed E-state index contributed by atoms with van der Waals surface area (Å²) in [7, 11) is 2.02. The van der Waals surface area contributed by atoms with Crippen LogP contribution >= 0.6 is 0 Å². The molecule has 0 aliphatic carbocycles. The summed E-state index contributed by atoms with van der Waals surface area (Å²) in [6, 6.07) is 3.29. The predicted octanol–water partition coefficient (Wildman–Crippen LogP) is 0.418. The molecule has 5 nitrogen and oxygen atoms in total. The fraction of sp³-hybridized carbons (Fsp3) is 0.786. The number of piperidine rings is 1. The van der Waals surface area contributed by atoms with Gasteiger partial charge in [-0.3, -0.25) is 14.5 Å². The molecule has 2 aliphatic rings. The molecule has 0 saturated carbocycles. The van der Waals surface area contributed by atoms with Gasteiger partial charge in [0.2, 0.25) is 0 Å². The molecule has 1 aromatic heterocycles. The van der Waals surface area contributed by atoms with Gasteiger partial charge in [0.25, 0.3) is 0 Å². The van der Waals surface area contributed by atoms with Crippen LogP contribution in [0.3, 0.4) is 0 Å². The average Bonchev–Trinajstić information content (AvgIpc) is 3.01. The van der Waals surface area contributed by atoms with Gasteiger partial charge < -0.3 is 5.73 Å². The van der Waals surface area contributed by atoms with Gasteiger partial charge in [0.1, 0.15) is 0 Å². The van der Waals surface area contributed by atoms with E-state index >= 15 is 0 Å². The van der Waals surface area contributed by atoms with Crippen LogP contribution in [-0.4, -0.2) is 57.8 Å². The fourth-order valence-corrected chi connectivity index (χ4v) is 3.32. The maximum atomic E-state index is 5.98. The number of aromatic nitrogens is 2. The first kappa shape index (κ1) is 13.1. The van der Waals surface area contributed by atoms with Crippen LogP contribution < -0.4 is 5.73 Å². The second-order valence-electron chi connectivity index (χ2n) is 6.00. The van der Waals surface area contributed by atoms with E-state index in [0.717, 1.165) is 25.4 Å². The number of aryl methyl sites for hydroxylation is 1. The third-order valence-corrected chi connectivity index (χ3v) is 4.65. The van der Waals surface area contributed by atoms with Crippen molar-refractivity contribution in [3.8, 4) is 0 Å². The lowest BCUT2D eigenvalue weighted by Gasteiger charge is -2.34. The van der Waals surface area contributed by atoms with Gasteiger partial charge >= 0.3 is 0 Å². The number of likely N-dealkylation sites (tertiary alicyclic amines) is 2. The Morgan fingerprint density at radius 3 is 2.74 bits per heavy atom. The van der Waals surface area contributed by atoms with Crippen LogP contribution in [0.15, 0.2) is 12.3 Å². The lowest BCUT2D eigenvalue weighted by molar-refractivity contribution is 0.151. The van der Waals surface area contributed by atoms with Crippen molar-refractivity contribution in [1.82, 2.24) is 19.6 Å². The quantitative estimate of drug-likeness (QED) is 0.858. The molecule has 0 radical (unpaired) electrons. The zero-order valence-electron chi connectivity index (χ0n) is 11.8. The summed E-state index contributed by atoms with van der Waals surface area (Å²) in [6.45, 7) is 5.80. The summed E-state index contributed by atoms with van der Waals surface area (Å²) < 4.78 is 1.98. The minimum atomic E-state index is 0.434. The van der Waals surface area contributed by atoms with Crippen LogP contribution in [-0.2, 0) is 13.6 Å². The molecular formula is C14H25N5. The number of nitrogens with two attached hydrogens (primary N) is 1. The molecule has 0 aromatic carbocycles. The summed E-state index contributed by atoms with van der Waals surface area (Å²) in [5.74, 6) is 0. The van der Waals surface area contributed by atoms with E-state index in [-0.39, 0.29) is 0 Å². The number of hydrogen-bond donors (Lipinski definition) is 1. The highest BCUT2D eigenvalue weighted by Crippen LogP contribution is 2.21. The zero-order chi connectivity index (χ0) is 13.2. The van der Waals surface area contributed by atoms with E-state index in [4.69, 9.17) is 5.73 Å². The van der Waals surface area contributed by atoms with Gasteiger partial charge in [-0.25, -0.2) is 0 Å². The SMILES string of the molecule is Cn1nccc1CN1CCC(N2CCC(N)CC2)C1. The first-order valence-corrected chi connectivity index (χ1v) is 7.41. The van der Waals surface area contributed by atoms with E-state index in [1.54, 1.807) is 0 Å². The van der Waals surface area contributed by atoms with E-state index in [2.05, 4.69) is 21.0 Å². The van der Waals surface area contributed by atoms with Crippen molar-refractivity contribution < 1.29 is 0 Å². The Kier molecular flexibility index (Phi) is 3.86. The van der Waals surface area contributed by atoms with Crippen LogP contribution in [0.2, 0.25) is 0 Å². The smallest absolute Gasteiger partial charge is 0.0521 e. The molecule has 2 fully saturated rings. The first-order valence-electron chi connectivity index (χ1n) is 7.41. The molecule has 19 heavy (non-hydrogen) atoms. The van der Waals surface area contributed by atoms with Gasteiger partial charge in [0.15, 0.2) is 0 Å². The molecule has 0 spiro atoms. The molecule has 3 rings (SSSR count). The van der Waals surface area contributed by atoms with Gasteiger partial charge in [-0.2, -0.15) is 5.10 Å². The standard InChI is InChI=1S/C14H25N5/c1-17-13(2-6-16-17)10-18-7-5-14(11-18)19-8-3-12(15)4-9-19/h2,6,12,14H,3-5,7-11,15H2,1H3. The number of nitrogens with zero attached hydrogens (tertiary/aromatic N) is 4. The van der Waals surface area contributed by atoms with Crippen molar-refractivity contribution in [2.45, 2.75) is 37.9 Å². The van der Waals surface area contributed by atoms with Crippen LogP contribution in [0, 0.1) is 0 Å². The van der Waals surface area contributed by atoms with Crippen molar-refractivity contribution >= 4 is 0 Å².